The zero-order valence-corrected chi connectivity index (χ0v) is 9.94. The Balaban J connectivity index is 2.56. The van der Waals surface area contributed by atoms with Crippen molar-refractivity contribution in [2.24, 2.45) is 0 Å². The lowest BCUT2D eigenvalue weighted by Crippen LogP contribution is -1.96. The van der Waals surface area contributed by atoms with Gasteiger partial charge in [0.05, 0.1) is 7.11 Å². The van der Waals surface area contributed by atoms with Crippen LogP contribution in [0.15, 0.2) is 48.5 Å². The molecule has 0 N–H and O–H groups in total. The Bertz CT molecular complexity index is 577. The first-order chi connectivity index (χ1) is 8.22. The molecule has 0 aliphatic rings. The van der Waals surface area contributed by atoms with Gasteiger partial charge in [0.15, 0.2) is 0 Å². The highest BCUT2D eigenvalue weighted by Crippen LogP contribution is 2.24. The molecule has 0 bridgehead atoms. The van der Waals surface area contributed by atoms with Gasteiger partial charge in [-0.25, -0.2) is 4.79 Å². The molecule has 0 unspecified atom stereocenters. The van der Waals surface area contributed by atoms with Crippen molar-refractivity contribution in [3.05, 3.63) is 54.1 Å². The van der Waals surface area contributed by atoms with Crippen molar-refractivity contribution in [2.75, 3.05) is 7.11 Å². The Kier molecular flexibility index (Phi) is 3.24. The first-order valence-electron chi connectivity index (χ1n) is 5.47. The van der Waals surface area contributed by atoms with Crippen molar-refractivity contribution in [3.63, 3.8) is 0 Å². The van der Waals surface area contributed by atoms with Crippen LogP contribution in [0.5, 0.6) is 0 Å². The van der Waals surface area contributed by atoms with Crippen LogP contribution in [-0.4, -0.2) is 13.1 Å². The second-order valence-corrected chi connectivity index (χ2v) is 3.88. The van der Waals surface area contributed by atoms with E-state index in [4.69, 9.17) is 0 Å². The first-order valence-corrected chi connectivity index (χ1v) is 5.47. The topological polar surface area (TPSA) is 26.3 Å². The molecule has 0 spiro atoms. The maximum absolute atomic E-state index is 11.2. The molecule has 2 rings (SSSR count). The summed E-state index contributed by atoms with van der Waals surface area (Å²) in [4.78, 5) is 11.2. The normalized spacial score (nSPS) is 11.5. The zero-order chi connectivity index (χ0) is 12.3. The lowest BCUT2D eigenvalue weighted by atomic mass is 9.99. The van der Waals surface area contributed by atoms with Gasteiger partial charge in [0.25, 0.3) is 0 Å². The minimum Gasteiger partial charge on any atom is -0.466 e. The molecule has 2 heteroatoms. The highest BCUT2D eigenvalue weighted by atomic mass is 16.5. The van der Waals surface area contributed by atoms with Crippen LogP contribution in [0.4, 0.5) is 0 Å². The number of hydrogen-bond donors (Lipinski definition) is 0. The maximum atomic E-state index is 11.2. The molecule has 0 heterocycles. The SMILES string of the molecule is COC(=O)C=C(C)c1cccc2ccccc12. The first kappa shape index (κ1) is 11.4. The summed E-state index contributed by atoms with van der Waals surface area (Å²) in [6.07, 6.45) is 1.52. The standard InChI is InChI=1S/C15H14O2/c1-11(10-15(16)17-2)13-9-5-7-12-6-3-4-8-14(12)13/h3-10H,1-2H3. The van der Waals surface area contributed by atoms with Gasteiger partial charge < -0.3 is 4.74 Å². The van der Waals surface area contributed by atoms with E-state index in [9.17, 15) is 4.79 Å². The smallest absolute Gasteiger partial charge is 0.330 e. The van der Waals surface area contributed by atoms with Gasteiger partial charge in [0.1, 0.15) is 0 Å². The van der Waals surface area contributed by atoms with E-state index in [1.54, 1.807) is 0 Å². The number of ether oxygens (including phenoxy) is 1. The van der Waals surface area contributed by atoms with Crippen molar-refractivity contribution >= 4 is 22.3 Å². The summed E-state index contributed by atoms with van der Waals surface area (Å²) in [7, 11) is 1.38. The predicted molar refractivity (Wildman–Crippen MR) is 69.6 cm³/mol. The summed E-state index contributed by atoms with van der Waals surface area (Å²) in [5.41, 5.74) is 1.97. The molecule has 0 saturated heterocycles. The van der Waals surface area contributed by atoms with Crippen molar-refractivity contribution in [2.45, 2.75) is 6.92 Å². The van der Waals surface area contributed by atoms with Crippen molar-refractivity contribution in [3.8, 4) is 0 Å². The van der Waals surface area contributed by atoms with Crippen molar-refractivity contribution in [1.29, 1.82) is 0 Å². The maximum Gasteiger partial charge on any atom is 0.330 e. The summed E-state index contributed by atoms with van der Waals surface area (Å²) >= 11 is 0. The molecule has 0 saturated carbocycles. The monoisotopic (exact) mass is 226 g/mol. The Morgan fingerprint density at radius 2 is 1.82 bits per heavy atom. The number of methoxy groups -OCH3 is 1. The molecule has 0 aromatic heterocycles. The van der Waals surface area contributed by atoms with E-state index < -0.39 is 0 Å². The molecule has 0 aliphatic heterocycles. The van der Waals surface area contributed by atoms with Gasteiger partial charge >= 0.3 is 5.97 Å². The fraction of sp³-hybridized carbons (Fsp3) is 0.133. The van der Waals surface area contributed by atoms with Crippen LogP contribution in [0.3, 0.4) is 0 Å². The number of fused-ring (bicyclic) bond motifs is 1. The molecule has 0 atom stereocenters. The van der Waals surface area contributed by atoms with Crippen LogP contribution in [0.1, 0.15) is 12.5 Å². The molecule has 0 radical (unpaired) electrons. The largest absolute Gasteiger partial charge is 0.466 e. The van der Waals surface area contributed by atoms with E-state index in [0.717, 1.165) is 16.5 Å². The van der Waals surface area contributed by atoms with E-state index >= 15 is 0 Å². The Labute approximate surface area is 101 Å². The number of esters is 1. The summed E-state index contributed by atoms with van der Waals surface area (Å²) in [5.74, 6) is -0.324. The molecule has 86 valence electrons. The Morgan fingerprint density at radius 1 is 1.12 bits per heavy atom. The fourth-order valence-electron chi connectivity index (χ4n) is 1.88. The minimum absolute atomic E-state index is 0.324. The van der Waals surface area contributed by atoms with E-state index in [1.807, 2.05) is 31.2 Å². The van der Waals surface area contributed by atoms with Crippen LogP contribution in [0, 0.1) is 0 Å². The van der Waals surface area contributed by atoms with E-state index in [-0.39, 0.29) is 5.97 Å². The lowest BCUT2D eigenvalue weighted by Gasteiger charge is -2.06. The van der Waals surface area contributed by atoms with Crippen molar-refractivity contribution < 1.29 is 9.53 Å². The van der Waals surface area contributed by atoms with Crippen LogP contribution >= 0.6 is 0 Å². The second kappa shape index (κ2) is 4.83. The molecular formula is C15H14O2. The van der Waals surface area contributed by atoms with Crippen LogP contribution in [0.25, 0.3) is 16.3 Å². The van der Waals surface area contributed by atoms with Crippen LogP contribution in [-0.2, 0) is 9.53 Å². The summed E-state index contributed by atoms with van der Waals surface area (Å²) in [5, 5.41) is 2.32. The van der Waals surface area contributed by atoms with Gasteiger partial charge in [-0.15, -0.1) is 0 Å². The third-order valence-electron chi connectivity index (χ3n) is 2.75. The zero-order valence-electron chi connectivity index (χ0n) is 9.94. The average molecular weight is 226 g/mol. The summed E-state index contributed by atoms with van der Waals surface area (Å²) < 4.78 is 4.64. The second-order valence-electron chi connectivity index (χ2n) is 3.88. The highest BCUT2D eigenvalue weighted by Gasteiger charge is 2.04. The summed E-state index contributed by atoms with van der Waals surface area (Å²) in [6, 6.07) is 14.2. The van der Waals surface area contributed by atoms with Gasteiger partial charge in [-0.05, 0) is 28.8 Å². The van der Waals surface area contributed by atoms with Gasteiger partial charge in [-0.2, -0.15) is 0 Å². The van der Waals surface area contributed by atoms with E-state index in [1.165, 1.54) is 18.6 Å². The molecule has 0 fully saturated rings. The van der Waals surface area contributed by atoms with Gasteiger partial charge in [-0.1, -0.05) is 42.5 Å². The molecule has 0 amide bonds. The number of benzene rings is 2. The van der Waals surface area contributed by atoms with Crippen molar-refractivity contribution in [1.82, 2.24) is 0 Å². The highest BCUT2D eigenvalue weighted by molar-refractivity contribution is 5.98. The van der Waals surface area contributed by atoms with Crippen LogP contribution < -0.4 is 0 Å². The number of carbonyl (C=O) groups is 1. The van der Waals surface area contributed by atoms with Gasteiger partial charge in [-0.3, -0.25) is 0 Å². The number of rotatable bonds is 2. The molecule has 2 aromatic rings. The molecule has 0 aliphatic carbocycles. The van der Waals surface area contributed by atoms with Gasteiger partial charge in [0.2, 0.25) is 0 Å². The molecule has 2 aromatic carbocycles. The molecule has 17 heavy (non-hydrogen) atoms. The van der Waals surface area contributed by atoms with Gasteiger partial charge in [0, 0.05) is 6.08 Å². The quantitative estimate of drug-likeness (QED) is 0.579. The number of hydrogen-bond acceptors (Lipinski definition) is 2. The minimum atomic E-state index is -0.324. The Hall–Kier alpha value is -2.09. The van der Waals surface area contributed by atoms with E-state index in [2.05, 4.69) is 22.9 Å². The van der Waals surface area contributed by atoms with E-state index in [0.29, 0.717) is 0 Å². The predicted octanol–water partition coefficient (Wildman–Crippen LogP) is 3.42. The third kappa shape index (κ3) is 2.36. The molecular weight excluding hydrogens is 212 g/mol. The number of allylic oxidation sites excluding steroid dienone is 1. The Morgan fingerprint density at radius 3 is 2.59 bits per heavy atom. The summed E-state index contributed by atoms with van der Waals surface area (Å²) in [6.45, 7) is 1.92. The lowest BCUT2D eigenvalue weighted by molar-refractivity contribution is -0.134. The fourth-order valence-corrected chi connectivity index (χ4v) is 1.88. The third-order valence-corrected chi connectivity index (χ3v) is 2.75. The van der Waals surface area contributed by atoms with Crippen LogP contribution in [0.2, 0.25) is 0 Å². The number of carbonyl (C=O) groups excluding carboxylic acids is 1. The molecule has 2 nitrogen and oxygen atoms in total. The average Bonchev–Trinajstić information content (AvgIpc) is 2.37.